The van der Waals surface area contributed by atoms with E-state index in [2.05, 4.69) is 29.8 Å². The first-order chi connectivity index (χ1) is 12.9. The quantitative estimate of drug-likeness (QED) is 0.658. The second kappa shape index (κ2) is 9.83. The number of thiocarbonyl (C=S) groups is 1. The number of carbonyl (C=O) groups is 2. The van der Waals surface area contributed by atoms with Crippen LogP contribution in [0.3, 0.4) is 0 Å². The van der Waals surface area contributed by atoms with Crippen molar-refractivity contribution in [3.8, 4) is 0 Å². The molecule has 5 nitrogen and oxygen atoms in total. The molecule has 0 fully saturated rings. The van der Waals surface area contributed by atoms with Gasteiger partial charge in [0, 0.05) is 23.4 Å². The Morgan fingerprint density at radius 3 is 2.04 bits per heavy atom. The lowest BCUT2D eigenvalue weighted by Gasteiger charge is -2.11. The Bertz CT molecular complexity index is 799. The number of anilines is 1. The maximum absolute atomic E-state index is 12.3. The third kappa shape index (κ3) is 6.18. The van der Waals surface area contributed by atoms with Gasteiger partial charge < -0.3 is 10.6 Å². The van der Waals surface area contributed by atoms with Crippen molar-refractivity contribution in [3.05, 3.63) is 65.2 Å². The monoisotopic (exact) mass is 383 g/mol. The molecule has 27 heavy (non-hydrogen) atoms. The summed E-state index contributed by atoms with van der Waals surface area (Å²) < 4.78 is 0. The summed E-state index contributed by atoms with van der Waals surface area (Å²) in [5.74, 6) is 0.0411. The average Bonchev–Trinajstić information content (AvgIpc) is 2.66. The summed E-state index contributed by atoms with van der Waals surface area (Å²) in [6.07, 6.45) is 0.888. The minimum atomic E-state index is -0.265. The van der Waals surface area contributed by atoms with E-state index in [1.165, 1.54) is 5.56 Å². The Labute approximate surface area is 165 Å². The van der Waals surface area contributed by atoms with Crippen LogP contribution in [0.25, 0.3) is 0 Å². The van der Waals surface area contributed by atoms with Crippen LogP contribution in [0.1, 0.15) is 59.4 Å². The normalized spacial score (nSPS) is 10.4. The van der Waals surface area contributed by atoms with Crippen LogP contribution in [0.15, 0.2) is 48.5 Å². The molecular formula is C21H25N3O2S. The molecule has 142 valence electrons. The van der Waals surface area contributed by atoms with Crippen molar-refractivity contribution in [1.29, 1.82) is 0 Å². The van der Waals surface area contributed by atoms with Gasteiger partial charge in [0.1, 0.15) is 0 Å². The Morgan fingerprint density at radius 1 is 0.926 bits per heavy atom. The SMILES string of the molecule is CCCNC(=O)c1ccc(NC(=S)NC(=O)c2ccc(C(C)C)cc2)cc1. The van der Waals surface area contributed by atoms with Gasteiger partial charge in [0.05, 0.1) is 0 Å². The highest BCUT2D eigenvalue weighted by molar-refractivity contribution is 7.80. The second-order valence-corrected chi connectivity index (χ2v) is 6.93. The first-order valence-corrected chi connectivity index (χ1v) is 9.42. The molecule has 2 aromatic carbocycles. The lowest BCUT2D eigenvalue weighted by molar-refractivity contribution is 0.0951. The van der Waals surface area contributed by atoms with Gasteiger partial charge in [0.25, 0.3) is 11.8 Å². The van der Waals surface area contributed by atoms with Crippen molar-refractivity contribution in [2.75, 3.05) is 11.9 Å². The van der Waals surface area contributed by atoms with E-state index in [9.17, 15) is 9.59 Å². The molecule has 0 aliphatic carbocycles. The molecule has 2 aromatic rings. The lowest BCUT2D eigenvalue weighted by Crippen LogP contribution is -2.34. The fourth-order valence-corrected chi connectivity index (χ4v) is 2.61. The number of amides is 2. The van der Waals surface area contributed by atoms with Gasteiger partial charge in [-0.25, -0.2) is 0 Å². The van der Waals surface area contributed by atoms with Crippen LogP contribution in [0.5, 0.6) is 0 Å². The van der Waals surface area contributed by atoms with Gasteiger partial charge in [-0.3, -0.25) is 14.9 Å². The standard InChI is InChI=1S/C21H25N3O2S/c1-4-13-22-19(25)16-9-11-18(12-10-16)23-21(27)24-20(26)17-7-5-15(6-8-17)14(2)3/h5-12,14H,4,13H2,1-3H3,(H,22,25)(H2,23,24,26,27). The molecule has 0 unspecified atom stereocenters. The van der Waals surface area contributed by atoms with E-state index in [4.69, 9.17) is 12.2 Å². The van der Waals surface area contributed by atoms with Gasteiger partial charge in [-0.15, -0.1) is 0 Å². The zero-order valence-electron chi connectivity index (χ0n) is 15.8. The lowest BCUT2D eigenvalue weighted by atomic mass is 10.0. The van der Waals surface area contributed by atoms with Gasteiger partial charge in [0.2, 0.25) is 0 Å². The Kier molecular flexibility index (Phi) is 7.49. The Hall–Kier alpha value is -2.73. The van der Waals surface area contributed by atoms with Gasteiger partial charge in [-0.05, 0) is 66.5 Å². The van der Waals surface area contributed by atoms with Gasteiger partial charge in [0.15, 0.2) is 5.11 Å². The van der Waals surface area contributed by atoms with Gasteiger partial charge in [-0.1, -0.05) is 32.9 Å². The topological polar surface area (TPSA) is 70.2 Å². The van der Waals surface area contributed by atoms with Crippen LogP contribution >= 0.6 is 12.2 Å². The summed E-state index contributed by atoms with van der Waals surface area (Å²) in [7, 11) is 0. The molecule has 0 atom stereocenters. The van der Waals surface area contributed by atoms with E-state index >= 15 is 0 Å². The van der Waals surface area contributed by atoms with Crippen LogP contribution in [-0.2, 0) is 0 Å². The molecule has 0 radical (unpaired) electrons. The van der Waals surface area contributed by atoms with E-state index < -0.39 is 0 Å². The predicted octanol–water partition coefficient (Wildman–Crippen LogP) is 4.08. The molecule has 0 saturated heterocycles. The molecule has 6 heteroatoms. The fraction of sp³-hybridized carbons (Fsp3) is 0.286. The number of hydrogen-bond donors (Lipinski definition) is 3. The van der Waals surface area contributed by atoms with Gasteiger partial charge in [-0.2, -0.15) is 0 Å². The molecule has 0 aromatic heterocycles. The summed E-state index contributed by atoms with van der Waals surface area (Å²) in [6, 6.07) is 14.4. The first-order valence-electron chi connectivity index (χ1n) is 9.01. The highest BCUT2D eigenvalue weighted by Gasteiger charge is 2.09. The van der Waals surface area contributed by atoms with Gasteiger partial charge >= 0.3 is 0 Å². The number of carbonyl (C=O) groups excluding carboxylic acids is 2. The fourth-order valence-electron chi connectivity index (χ4n) is 2.40. The summed E-state index contributed by atoms with van der Waals surface area (Å²) in [6.45, 7) is 6.86. The van der Waals surface area contributed by atoms with Crippen LogP contribution in [0.4, 0.5) is 5.69 Å². The summed E-state index contributed by atoms with van der Waals surface area (Å²) in [5, 5.41) is 8.64. The number of rotatable bonds is 6. The molecular weight excluding hydrogens is 358 g/mol. The maximum atomic E-state index is 12.3. The molecule has 0 saturated carbocycles. The maximum Gasteiger partial charge on any atom is 0.257 e. The number of nitrogens with one attached hydrogen (secondary N) is 3. The first kappa shape index (κ1) is 20.6. The van der Waals surface area contributed by atoms with E-state index in [0.29, 0.717) is 29.3 Å². The molecule has 2 amide bonds. The van der Waals surface area contributed by atoms with Crippen molar-refractivity contribution < 1.29 is 9.59 Å². The smallest absolute Gasteiger partial charge is 0.257 e. The molecule has 0 aliphatic heterocycles. The molecule has 0 heterocycles. The highest BCUT2D eigenvalue weighted by atomic mass is 32.1. The van der Waals surface area contributed by atoms with Crippen molar-refractivity contribution in [2.24, 2.45) is 0 Å². The molecule has 0 spiro atoms. The van der Waals surface area contributed by atoms with E-state index in [0.717, 1.165) is 6.42 Å². The zero-order valence-corrected chi connectivity index (χ0v) is 16.7. The van der Waals surface area contributed by atoms with Crippen molar-refractivity contribution in [1.82, 2.24) is 10.6 Å². The molecule has 0 aliphatic rings. The highest BCUT2D eigenvalue weighted by Crippen LogP contribution is 2.15. The largest absolute Gasteiger partial charge is 0.352 e. The Balaban J connectivity index is 1.91. The summed E-state index contributed by atoms with van der Waals surface area (Å²) in [4.78, 5) is 24.2. The number of hydrogen-bond acceptors (Lipinski definition) is 3. The molecule has 2 rings (SSSR count). The zero-order chi connectivity index (χ0) is 19.8. The second-order valence-electron chi connectivity index (χ2n) is 6.52. The average molecular weight is 384 g/mol. The van der Waals surface area contributed by atoms with Crippen LogP contribution in [0, 0.1) is 0 Å². The van der Waals surface area contributed by atoms with E-state index in [-0.39, 0.29) is 16.9 Å². The third-order valence-electron chi connectivity index (χ3n) is 4.01. The van der Waals surface area contributed by atoms with Crippen molar-refractivity contribution >= 4 is 34.8 Å². The third-order valence-corrected chi connectivity index (χ3v) is 4.21. The predicted molar refractivity (Wildman–Crippen MR) is 113 cm³/mol. The number of benzene rings is 2. The minimum absolute atomic E-state index is 0.107. The Morgan fingerprint density at radius 2 is 1.48 bits per heavy atom. The van der Waals surface area contributed by atoms with Crippen LogP contribution < -0.4 is 16.0 Å². The van der Waals surface area contributed by atoms with Crippen molar-refractivity contribution in [2.45, 2.75) is 33.1 Å². The van der Waals surface area contributed by atoms with E-state index in [1.807, 2.05) is 19.1 Å². The minimum Gasteiger partial charge on any atom is -0.352 e. The molecule has 0 bridgehead atoms. The van der Waals surface area contributed by atoms with E-state index in [1.54, 1.807) is 36.4 Å². The summed E-state index contributed by atoms with van der Waals surface area (Å²) in [5.41, 5.74) is 3.00. The summed E-state index contributed by atoms with van der Waals surface area (Å²) >= 11 is 5.20. The van der Waals surface area contributed by atoms with Crippen molar-refractivity contribution in [3.63, 3.8) is 0 Å². The van der Waals surface area contributed by atoms with Crippen LogP contribution in [0.2, 0.25) is 0 Å². The van der Waals surface area contributed by atoms with Crippen LogP contribution in [-0.4, -0.2) is 23.5 Å². The molecule has 3 N–H and O–H groups in total.